The average molecular weight is 376 g/mol. The number of nitrogens with one attached hydrogen (secondary N) is 2. The van der Waals surface area contributed by atoms with Crippen molar-refractivity contribution in [2.75, 3.05) is 55.5 Å². The summed E-state index contributed by atoms with van der Waals surface area (Å²) in [5, 5.41) is 6.50. The molecule has 0 unspecified atom stereocenters. The summed E-state index contributed by atoms with van der Waals surface area (Å²) in [4.78, 5) is 14.4. The highest BCUT2D eigenvalue weighted by atomic mass is 35.5. The molecule has 1 saturated heterocycles. The Morgan fingerprint density at radius 1 is 1.19 bits per heavy atom. The fourth-order valence-electron chi connectivity index (χ4n) is 2.78. The van der Waals surface area contributed by atoms with E-state index in [9.17, 15) is 4.79 Å². The molecular formula is C19H22ClN3O3. The molecule has 26 heavy (non-hydrogen) atoms. The minimum Gasteiger partial charge on any atom is -0.495 e. The van der Waals surface area contributed by atoms with Gasteiger partial charge in [0.2, 0.25) is 5.91 Å². The molecule has 7 heteroatoms. The van der Waals surface area contributed by atoms with Gasteiger partial charge < -0.3 is 25.0 Å². The number of nitrogens with zero attached hydrogens (tertiary/aromatic N) is 1. The van der Waals surface area contributed by atoms with Gasteiger partial charge in [-0.05, 0) is 42.5 Å². The number of rotatable bonds is 6. The molecule has 6 nitrogen and oxygen atoms in total. The Labute approximate surface area is 158 Å². The maximum absolute atomic E-state index is 12.2. The zero-order valence-corrected chi connectivity index (χ0v) is 15.4. The third-order valence-electron chi connectivity index (χ3n) is 4.13. The Morgan fingerprint density at radius 2 is 1.92 bits per heavy atom. The largest absolute Gasteiger partial charge is 0.495 e. The number of amides is 1. The molecule has 0 aliphatic carbocycles. The number of methoxy groups -OCH3 is 1. The molecule has 0 aromatic heterocycles. The average Bonchev–Trinajstić information content (AvgIpc) is 2.68. The first kappa shape index (κ1) is 18.4. The zero-order valence-electron chi connectivity index (χ0n) is 14.6. The number of benzene rings is 2. The number of anilines is 3. The normalized spacial score (nSPS) is 14.0. The van der Waals surface area contributed by atoms with E-state index in [0.29, 0.717) is 16.5 Å². The highest BCUT2D eigenvalue weighted by molar-refractivity contribution is 6.30. The molecule has 0 atom stereocenters. The molecule has 2 aromatic carbocycles. The summed E-state index contributed by atoms with van der Waals surface area (Å²) in [5.74, 6) is 0.489. The molecule has 0 spiro atoms. The van der Waals surface area contributed by atoms with Crippen molar-refractivity contribution < 1.29 is 14.3 Å². The van der Waals surface area contributed by atoms with Crippen molar-refractivity contribution in [3.8, 4) is 5.75 Å². The molecule has 1 fully saturated rings. The Hall–Kier alpha value is -2.44. The van der Waals surface area contributed by atoms with Crippen LogP contribution in [0.2, 0.25) is 5.02 Å². The summed E-state index contributed by atoms with van der Waals surface area (Å²) in [6.45, 7) is 3.38. The Morgan fingerprint density at radius 3 is 2.62 bits per heavy atom. The van der Waals surface area contributed by atoms with Gasteiger partial charge in [-0.25, -0.2) is 0 Å². The van der Waals surface area contributed by atoms with Crippen LogP contribution in [-0.4, -0.2) is 45.9 Å². The zero-order chi connectivity index (χ0) is 18.4. The Bertz CT molecular complexity index is 746. The number of hydrogen-bond donors (Lipinski definition) is 2. The first-order valence-corrected chi connectivity index (χ1v) is 8.83. The second-order valence-corrected chi connectivity index (χ2v) is 6.33. The standard InChI is InChI=1S/C19H22ClN3O3/c1-25-18-7-2-14(20)12-17(18)21-13-19(24)22-15-3-5-16(6-4-15)23-8-10-26-11-9-23/h2-7,12,21H,8-11,13H2,1H3,(H,22,24). The van der Waals surface area contributed by atoms with Crippen molar-refractivity contribution in [3.63, 3.8) is 0 Å². The minimum atomic E-state index is -0.147. The van der Waals surface area contributed by atoms with E-state index in [2.05, 4.69) is 15.5 Å². The van der Waals surface area contributed by atoms with Crippen LogP contribution in [0.5, 0.6) is 5.75 Å². The summed E-state index contributed by atoms with van der Waals surface area (Å²) in [5.41, 5.74) is 2.57. The van der Waals surface area contributed by atoms with E-state index in [4.69, 9.17) is 21.1 Å². The lowest BCUT2D eigenvalue weighted by atomic mass is 10.2. The molecule has 1 aliphatic heterocycles. The van der Waals surface area contributed by atoms with Gasteiger partial charge in [-0.1, -0.05) is 11.6 Å². The number of morpholine rings is 1. The van der Waals surface area contributed by atoms with Crippen molar-refractivity contribution in [2.45, 2.75) is 0 Å². The highest BCUT2D eigenvalue weighted by Crippen LogP contribution is 2.27. The molecular weight excluding hydrogens is 354 g/mol. The van der Waals surface area contributed by atoms with Gasteiger partial charge in [0.15, 0.2) is 0 Å². The van der Waals surface area contributed by atoms with E-state index in [-0.39, 0.29) is 12.5 Å². The van der Waals surface area contributed by atoms with Crippen molar-refractivity contribution in [2.24, 2.45) is 0 Å². The van der Waals surface area contributed by atoms with Crippen LogP contribution in [0.4, 0.5) is 17.1 Å². The van der Waals surface area contributed by atoms with Crippen LogP contribution in [-0.2, 0) is 9.53 Å². The second kappa shape index (κ2) is 8.78. The molecule has 1 heterocycles. The monoisotopic (exact) mass is 375 g/mol. The van der Waals surface area contributed by atoms with Gasteiger partial charge in [0, 0.05) is 29.5 Å². The fraction of sp³-hybridized carbons (Fsp3) is 0.316. The van der Waals surface area contributed by atoms with Crippen LogP contribution >= 0.6 is 11.6 Å². The molecule has 3 rings (SSSR count). The van der Waals surface area contributed by atoms with Crippen molar-refractivity contribution in [1.82, 2.24) is 0 Å². The van der Waals surface area contributed by atoms with Gasteiger partial charge in [-0.2, -0.15) is 0 Å². The predicted molar refractivity (Wildman–Crippen MR) is 105 cm³/mol. The lowest BCUT2D eigenvalue weighted by Crippen LogP contribution is -2.36. The summed E-state index contributed by atoms with van der Waals surface area (Å²) >= 11 is 5.99. The summed E-state index contributed by atoms with van der Waals surface area (Å²) in [6, 6.07) is 13.0. The van der Waals surface area contributed by atoms with E-state index >= 15 is 0 Å². The fourth-order valence-corrected chi connectivity index (χ4v) is 2.95. The van der Waals surface area contributed by atoms with Crippen LogP contribution in [0.1, 0.15) is 0 Å². The van der Waals surface area contributed by atoms with E-state index in [1.54, 1.807) is 25.3 Å². The topological polar surface area (TPSA) is 62.8 Å². The summed E-state index contributed by atoms with van der Waals surface area (Å²) < 4.78 is 10.6. The van der Waals surface area contributed by atoms with E-state index in [1.807, 2.05) is 24.3 Å². The molecule has 0 bridgehead atoms. The van der Waals surface area contributed by atoms with Gasteiger partial charge in [-0.15, -0.1) is 0 Å². The number of carbonyl (C=O) groups is 1. The number of ether oxygens (including phenoxy) is 2. The van der Waals surface area contributed by atoms with Gasteiger partial charge >= 0.3 is 0 Å². The van der Waals surface area contributed by atoms with E-state index < -0.39 is 0 Å². The van der Waals surface area contributed by atoms with Crippen LogP contribution in [0, 0.1) is 0 Å². The predicted octanol–water partition coefficient (Wildman–Crippen LogP) is 3.24. The quantitative estimate of drug-likeness (QED) is 0.811. The van der Waals surface area contributed by atoms with Gasteiger partial charge in [0.05, 0.1) is 32.6 Å². The smallest absolute Gasteiger partial charge is 0.243 e. The maximum atomic E-state index is 12.2. The second-order valence-electron chi connectivity index (χ2n) is 5.89. The molecule has 2 aromatic rings. The molecule has 1 amide bonds. The molecule has 0 radical (unpaired) electrons. The van der Waals surface area contributed by atoms with Crippen LogP contribution in [0.3, 0.4) is 0 Å². The van der Waals surface area contributed by atoms with Crippen LogP contribution < -0.4 is 20.3 Å². The lowest BCUT2D eigenvalue weighted by molar-refractivity contribution is -0.114. The summed E-state index contributed by atoms with van der Waals surface area (Å²) in [6.07, 6.45) is 0. The van der Waals surface area contributed by atoms with Crippen molar-refractivity contribution >= 4 is 34.6 Å². The van der Waals surface area contributed by atoms with Gasteiger partial charge in [0.1, 0.15) is 5.75 Å². The first-order valence-electron chi connectivity index (χ1n) is 8.46. The maximum Gasteiger partial charge on any atom is 0.243 e. The van der Waals surface area contributed by atoms with Gasteiger partial charge in [0.25, 0.3) is 0 Å². The van der Waals surface area contributed by atoms with Crippen LogP contribution in [0.15, 0.2) is 42.5 Å². The molecule has 1 aliphatic rings. The number of halogens is 1. The molecule has 138 valence electrons. The SMILES string of the molecule is COc1ccc(Cl)cc1NCC(=O)Nc1ccc(N2CCOCC2)cc1. The Kier molecular flexibility index (Phi) is 6.20. The van der Waals surface area contributed by atoms with Crippen molar-refractivity contribution in [3.05, 3.63) is 47.5 Å². The van der Waals surface area contributed by atoms with E-state index in [1.165, 1.54) is 0 Å². The lowest BCUT2D eigenvalue weighted by Gasteiger charge is -2.28. The van der Waals surface area contributed by atoms with Gasteiger partial charge in [-0.3, -0.25) is 4.79 Å². The third kappa shape index (κ3) is 4.80. The first-order chi connectivity index (χ1) is 12.7. The number of carbonyl (C=O) groups excluding carboxylic acids is 1. The Balaban J connectivity index is 1.54. The van der Waals surface area contributed by atoms with Crippen LogP contribution in [0.25, 0.3) is 0 Å². The number of hydrogen-bond acceptors (Lipinski definition) is 5. The molecule has 2 N–H and O–H groups in total. The highest BCUT2D eigenvalue weighted by Gasteiger charge is 2.11. The molecule has 0 saturated carbocycles. The van der Waals surface area contributed by atoms with E-state index in [0.717, 1.165) is 37.7 Å². The van der Waals surface area contributed by atoms with Crippen molar-refractivity contribution in [1.29, 1.82) is 0 Å². The third-order valence-corrected chi connectivity index (χ3v) is 4.36. The summed E-state index contributed by atoms with van der Waals surface area (Å²) in [7, 11) is 1.57. The minimum absolute atomic E-state index is 0.113.